The number of amides is 1. The number of aliphatic hydroxyl groups excluding tert-OH is 1. The second-order valence-electron chi connectivity index (χ2n) is 7.79. The summed E-state index contributed by atoms with van der Waals surface area (Å²) in [5.74, 6) is -1.11. The van der Waals surface area contributed by atoms with Crippen molar-refractivity contribution in [3.63, 3.8) is 0 Å². The first kappa shape index (κ1) is 23.0. The smallest absolute Gasteiger partial charge is 0.392 e. The molecule has 33 heavy (non-hydrogen) atoms. The topological polar surface area (TPSA) is 110 Å². The first-order valence-corrected chi connectivity index (χ1v) is 11.3. The van der Waals surface area contributed by atoms with Crippen molar-refractivity contribution in [3.8, 4) is 0 Å². The molecule has 176 valence electrons. The normalized spacial score (nSPS) is 16.0. The standard InChI is InChI=1S/C20H20F3N5O4S/c1-13(29)18(14-5-3-2-4-6-14)19(30)26-8-15-9-28(25-17(15)11-26)33(31,32)16-7-24-27(10-16)12-20(21,22)23/h2-7,9-10,13,18,29H,8,11-12H2,1H3/t13-,18-/m1/s1. The van der Waals surface area contributed by atoms with E-state index in [0.29, 0.717) is 25.6 Å². The molecule has 1 aliphatic heterocycles. The molecule has 4 rings (SSSR count). The van der Waals surface area contributed by atoms with E-state index >= 15 is 0 Å². The van der Waals surface area contributed by atoms with Gasteiger partial charge in [0.2, 0.25) is 5.91 Å². The minimum absolute atomic E-state index is 0.0417. The van der Waals surface area contributed by atoms with Gasteiger partial charge in [0.25, 0.3) is 10.0 Å². The minimum atomic E-state index is -4.54. The van der Waals surface area contributed by atoms with Gasteiger partial charge < -0.3 is 10.0 Å². The number of hydrogen-bond donors (Lipinski definition) is 1. The summed E-state index contributed by atoms with van der Waals surface area (Å²) in [6.45, 7) is 0.241. The molecule has 3 aromatic rings. The third kappa shape index (κ3) is 4.64. The number of fused-ring (bicyclic) bond motifs is 1. The van der Waals surface area contributed by atoms with E-state index in [4.69, 9.17) is 0 Å². The van der Waals surface area contributed by atoms with Crippen LogP contribution in [0.25, 0.3) is 0 Å². The highest BCUT2D eigenvalue weighted by Crippen LogP contribution is 2.29. The number of hydrogen-bond acceptors (Lipinski definition) is 6. The zero-order chi connectivity index (χ0) is 24.0. The van der Waals surface area contributed by atoms with Crippen molar-refractivity contribution in [2.24, 2.45) is 0 Å². The Bertz CT molecular complexity index is 1240. The highest BCUT2D eigenvalue weighted by molar-refractivity contribution is 7.89. The van der Waals surface area contributed by atoms with Gasteiger partial charge >= 0.3 is 6.18 Å². The largest absolute Gasteiger partial charge is 0.408 e. The Morgan fingerprint density at radius 3 is 2.48 bits per heavy atom. The number of halogens is 3. The third-order valence-corrected chi connectivity index (χ3v) is 6.76. The number of carbonyl (C=O) groups is 1. The number of alkyl halides is 3. The van der Waals surface area contributed by atoms with Gasteiger partial charge in [-0.1, -0.05) is 30.3 Å². The molecule has 9 nitrogen and oxygen atoms in total. The van der Waals surface area contributed by atoms with E-state index in [-0.39, 0.29) is 19.0 Å². The first-order chi connectivity index (χ1) is 15.5. The van der Waals surface area contributed by atoms with E-state index in [1.54, 1.807) is 30.3 Å². The Morgan fingerprint density at radius 1 is 1.18 bits per heavy atom. The quantitative estimate of drug-likeness (QED) is 0.573. The molecule has 2 atom stereocenters. The van der Waals surface area contributed by atoms with Crippen molar-refractivity contribution in [2.75, 3.05) is 0 Å². The fourth-order valence-electron chi connectivity index (χ4n) is 3.75. The zero-order valence-corrected chi connectivity index (χ0v) is 18.2. The third-order valence-electron chi connectivity index (χ3n) is 5.27. The summed E-state index contributed by atoms with van der Waals surface area (Å²) in [5, 5.41) is 17.7. The van der Waals surface area contributed by atoms with Crippen LogP contribution in [0.15, 0.2) is 53.8 Å². The van der Waals surface area contributed by atoms with Crippen LogP contribution >= 0.6 is 0 Å². The van der Waals surface area contributed by atoms with Crippen molar-refractivity contribution in [1.29, 1.82) is 0 Å². The van der Waals surface area contributed by atoms with Crippen LogP contribution in [0, 0.1) is 0 Å². The van der Waals surface area contributed by atoms with Crippen molar-refractivity contribution in [2.45, 2.75) is 49.7 Å². The maximum atomic E-state index is 13.1. The molecule has 0 fully saturated rings. The van der Waals surface area contributed by atoms with E-state index < -0.39 is 39.7 Å². The molecule has 1 aliphatic rings. The average molecular weight is 483 g/mol. The Balaban J connectivity index is 1.52. The SMILES string of the molecule is C[C@@H](O)[C@@H](C(=O)N1Cc2cn(S(=O)(=O)c3cnn(CC(F)(F)F)c3)nc2C1)c1ccccc1. The monoisotopic (exact) mass is 483 g/mol. The fourth-order valence-corrected chi connectivity index (χ4v) is 4.87. The van der Waals surface area contributed by atoms with E-state index in [0.717, 1.165) is 12.4 Å². The van der Waals surface area contributed by atoms with Gasteiger partial charge in [0.15, 0.2) is 0 Å². The zero-order valence-electron chi connectivity index (χ0n) is 17.3. The lowest BCUT2D eigenvalue weighted by molar-refractivity contribution is -0.142. The maximum Gasteiger partial charge on any atom is 0.408 e. The maximum absolute atomic E-state index is 13.1. The highest BCUT2D eigenvalue weighted by atomic mass is 32.2. The van der Waals surface area contributed by atoms with Crippen LogP contribution in [0.1, 0.15) is 29.7 Å². The van der Waals surface area contributed by atoms with Crippen molar-refractivity contribution < 1.29 is 31.5 Å². The van der Waals surface area contributed by atoms with E-state index in [9.17, 15) is 31.5 Å². The molecule has 2 aromatic heterocycles. The number of aliphatic hydroxyl groups is 1. The lowest BCUT2D eigenvalue weighted by Gasteiger charge is -2.25. The lowest BCUT2D eigenvalue weighted by atomic mass is 9.93. The van der Waals surface area contributed by atoms with Crippen LogP contribution in [0.3, 0.4) is 0 Å². The summed E-state index contributed by atoms with van der Waals surface area (Å²) < 4.78 is 64.3. The Morgan fingerprint density at radius 2 is 1.88 bits per heavy atom. The van der Waals surface area contributed by atoms with Gasteiger partial charge in [-0.15, -0.1) is 0 Å². The van der Waals surface area contributed by atoms with Crippen LogP contribution in [-0.2, 0) is 34.5 Å². The second kappa shape index (κ2) is 8.30. The number of rotatable bonds is 6. The molecule has 0 radical (unpaired) electrons. The molecule has 0 aliphatic carbocycles. The number of aromatic nitrogens is 4. The van der Waals surface area contributed by atoms with E-state index in [1.807, 2.05) is 0 Å². The first-order valence-electron chi connectivity index (χ1n) is 9.90. The van der Waals surface area contributed by atoms with Gasteiger partial charge in [0, 0.05) is 24.5 Å². The number of benzene rings is 1. The molecule has 3 heterocycles. The summed E-state index contributed by atoms with van der Waals surface area (Å²) in [7, 11) is -4.25. The molecule has 1 N–H and O–H groups in total. The minimum Gasteiger partial charge on any atom is -0.392 e. The summed E-state index contributed by atoms with van der Waals surface area (Å²) in [5.41, 5.74) is 1.50. The molecular formula is C20H20F3N5O4S. The van der Waals surface area contributed by atoms with Crippen molar-refractivity contribution in [3.05, 3.63) is 65.7 Å². The predicted molar refractivity (Wildman–Crippen MR) is 108 cm³/mol. The number of nitrogens with zero attached hydrogens (tertiary/aromatic N) is 5. The summed E-state index contributed by atoms with van der Waals surface area (Å²) in [6.07, 6.45) is -2.63. The average Bonchev–Trinajstić information content (AvgIpc) is 3.42. The Labute approximate surface area is 187 Å². The van der Waals surface area contributed by atoms with Crippen LogP contribution in [0.5, 0.6) is 0 Å². The van der Waals surface area contributed by atoms with Gasteiger partial charge in [0.1, 0.15) is 11.4 Å². The molecule has 0 unspecified atom stereocenters. The van der Waals surface area contributed by atoms with Gasteiger partial charge in [-0.25, -0.2) is 0 Å². The molecule has 0 bridgehead atoms. The Kier molecular flexibility index (Phi) is 5.78. The van der Waals surface area contributed by atoms with Crippen molar-refractivity contribution in [1.82, 2.24) is 23.9 Å². The number of carbonyl (C=O) groups excluding carboxylic acids is 1. The molecule has 0 saturated carbocycles. The highest BCUT2D eigenvalue weighted by Gasteiger charge is 2.36. The molecule has 13 heteroatoms. The lowest BCUT2D eigenvalue weighted by Crippen LogP contribution is -2.36. The summed E-state index contributed by atoms with van der Waals surface area (Å²) in [4.78, 5) is 14.1. The van der Waals surface area contributed by atoms with Crippen LogP contribution in [0.4, 0.5) is 13.2 Å². The fraction of sp³-hybridized carbons (Fsp3) is 0.350. The van der Waals surface area contributed by atoms with Crippen LogP contribution in [0.2, 0.25) is 0 Å². The molecule has 1 aromatic carbocycles. The summed E-state index contributed by atoms with van der Waals surface area (Å²) >= 11 is 0. The molecule has 0 spiro atoms. The van der Waals surface area contributed by atoms with E-state index in [1.165, 1.54) is 18.0 Å². The molecule has 1 amide bonds. The molecule has 0 saturated heterocycles. The van der Waals surface area contributed by atoms with Crippen molar-refractivity contribution >= 4 is 15.9 Å². The Hall–Kier alpha value is -3.19. The van der Waals surface area contributed by atoms with Gasteiger partial charge in [-0.05, 0) is 12.5 Å². The summed E-state index contributed by atoms with van der Waals surface area (Å²) in [6, 6.07) is 8.83. The van der Waals surface area contributed by atoms with Gasteiger partial charge in [0.05, 0.1) is 30.5 Å². The van der Waals surface area contributed by atoms with Gasteiger partial charge in [-0.3, -0.25) is 9.48 Å². The van der Waals surface area contributed by atoms with Crippen LogP contribution < -0.4 is 0 Å². The second-order valence-corrected chi connectivity index (χ2v) is 9.59. The van der Waals surface area contributed by atoms with Gasteiger partial charge in [-0.2, -0.15) is 35.9 Å². The van der Waals surface area contributed by atoms with E-state index in [2.05, 4.69) is 10.2 Å². The predicted octanol–water partition coefficient (Wildman–Crippen LogP) is 1.89. The van der Waals surface area contributed by atoms with Crippen LogP contribution in [-0.4, -0.2) is 55.6 Å². The molecular weight excluding hydrogens is 463 g/mol.